The molecule has 2 heterocycles. The number of nitriles is 2. The maximum absolute atomic E-state index is 10.8. The number of nitrogens with one attached hydrogen (secondary N) is 1. The summed E-state index contributed by atoms with van der Waals surface area (Å²) in [5, 5.41) is 26.8. The van der Waals surface area contributed by atoms with Gasteiger partial charge in [0.25, 0.3) is 0 Å². The molecule has 2 aliphatic rings. The predicted molar refractivity (Wildman–Crippen MR) is 197 cm³/mol. The van der Waals surface area contributed by atoms with Gasteiger partial charge in [0.05, 0.1) is 33.9 Å². The third-order valence-electron chi connectivity index (χ3n) is 10.5. The first-order chi connectivity index (χ1) is 23.9. The Labute approximate surface area is 285 Å². The minimum Gasteiger partial charge on any atom is -0.340 e. The van der Waals surface area contributed by atoms with E-state index in [0.717, 1.165) is 50.5 Å². The number of hydrogen-bond donors (Lipinski definition) is 1. The topological polar surface area (TPSA) is 76.9 Å². The highest BCUT2D eigenvalue weighted by atomic mass is 15.1. The van der Waals surface area contributed by atoms with Crippen molar-refractivity contribution in [1.82, 2.24) is 4.57 Å². The van der Waals surface area contributed by atoms with E-state index in [1.165, 1.54) is 33.0 Å². The molecule has 0 spiro atoms. The van der Waals surface area contributed by atoms with E-state index in [4.69, 9.17) is 4.99 Å². The second kappa shape index (κ2) is 10.5. The van der Waals surface area contributed by atoms with Crippen molar-refractivity contribution in [3.63, 3.8) is 0 Å². The summed E-state index contributed by atoms with van der Waals surface area (Å²) in [7, 11) is 0. The van der Waals surface area contributed by atoms with Crippen molar-refractivity contribution >= 4 is 33.3 Å². The molecule has 1 unspecified atom stereocenters. The predicted octanol–water partition coefficient (Wildman–Crippen LogP) is 10.1. The Kier molecular flexibility index (Phi) is 6.19. The zero-order valence-electron chi connectivity index (χ0n) is 27.4. The average molecular weight is 630 g/mol. The van der Waals surface area contributed by atoms with Crippen LogP contribution in [0, 0.1) is 29.6 Å². The monoisotopic (exact) mass is 629 g/mol. The van der Waals surface area contributed by atoms with Gasteiger partial charge in [0.15, 0.2) is 0 Å². The van der Waals surface area contributed by atoms with Crippen LogP contribution >= 0.6 is 0 Å². The summed E-state index contributed by atoms with van der Waals surface area (Å²) in [6.45, 7) is 6.72. The van der Waals surface area contributed by atoms with Gasteiger partial charge in [-0.15, -0.1) is 0 Å². The van der Waals surface area contributed by atoms with Crippen LogP contribution in [0.25, 0.3) is 38.6 Å². The molecule has 5 nitrogen and oxygen atoms in total. The molecule has 232 valence electrons. The second-order valence-electron chi connectivity index (χ2n) is 13.5. The van der Waals surface area contributed by atoms with Crippen molar-refractivity contribution in [3.05, 3.63) is 166 Å². The lowest BCUT2D eigenvalue weighted by Crippen LogP contribution is -2.23. The number of amidine groups is 1. The van der Waals surface area contributed by atoms with Crippen molar-refractivity contribution in [3.8, 4) is 29.0 Å². The summed E-state index contributed by atoms with van der Waals surface area (Å²) in [5.41, 5.74) is 13.6. The van der Waals surface area contributed by atoms with Gasteiger partial charge in [0, 0.05) is 33.0 Å². The Morgan fingerprint density at radius 2 is 1.49 bits per heavy atom. The Morgan fingerprint density at radius 3 is 2.31 bits per heavy atom. The van der Waals surface area contributed by atoms with Crippen molar-refractivity contribution < 1.29 is 0 Å². The maximum Gasteiger partial charge on any atom is 0.133 e. The Balaban J connectivity index is 1.29. The first-order valence-corrected chi connectivity index (χ1v) is 16.6. The molecule has 0 saturated carbocycles. The van der Waals surface area contributed by atoms with Gasteiger partial charge < -0.3 is 9.88 Å². The lowest BCUT2D eigenvalue weighted by molar-refractivity contribution is 0.666. The van der Waals surface area contributed by atoms with Gasteiger partial charge in [-0.1, -0.05) is 98.8 Å². The molecule has 0 radical (unpaired) electrons. The van der Waals surface area contributed by atoms with Gasteiger partial charge >= 0.3 is 0 Å². The molecule has 1 aliphatic heterocycles. The maximum atomic E-state index is 10.8. The SMILES string of the molecule is Cc1cc(-n2c3ccccc3c3c4c(ccc32)-c2ccccc2C4(C)C)c(C#N)cc1C1N=C(c2ccccc2)Nc2cccc(C#N)c21. The third kappa shape index (κ3) is 4.06. The molecule has 49 heavy (non-hydrogen) atoms. The van der Waals surface area contributed by atoms with Crippen LogP contribution in [0.15, 0.2) is 126 Å². The third-order valence-corrected chi connectivity index (χ3v) is 10.5. The van der Waals surface area contributed by atoms with E-state index < -0.39 is 6.04 Å². The first-order valence-electron chi connectivity index (χ1n) is 16.6. The molecule has 6 aromatic carbocycles. The molecule has 0 amide bonds. The Bertz CT molecular complexity index is 2640. The lowest BCUT2D eigenvalue weighted by Gasteiger charge is -2.28. The molecule has 1 aliphatic carbocycles. The van der Waals surface area contributed by atoms with Crippen LogP contribution in [0.4, 0.5) is 5.69 Å². The first kappa shape index (κ1) is 28.8. The molecule has 0 bridgehead atoms. The van der Waals surface area contributed by atoms with Crippen LogP contribution in [-0.4, -0.2) is 10.4 Å². The number of aliphatic imine (C=N–C) groups is 1. The Morgan fingerprint density at radius 1 is 0.735 bits per heavy atom. The molecule has 1 N–H and O–H groups in total. The number of aryl methyl sites for hydroxylation is 1. The smallest absolute Gasteiger partial charge is 0.133 e. The van der Waals surface area contributed by atoms with E-state index in [0.29, 0.717) is 11.1 Å². The summed E-state index contributed by atoms with van der Waals surface area (Å²) in [6, 6.07) is 46.0. The van der Waals surface area contributed by atoms with Gasteiger partial charge in [-0.05, 0) is 76.7 Å². The standard InChI is InChI=1S/C44H31N5/c1-26-22-38(29(25-46)23-33(26)42-39-28(24-45)14-11-18-35(39)47-43(48-42)27-12-5-4-6-13-27)49-36-19-10-8-16-32(36)40-37(49)21-20-31-30-15-7-9-17-34(30)44(2,3)41(31)40/h4-23,42H,1-3H3,(H,47,48). The zero-order valence-corrected chi connectivity index (χ0v) is 27.4. The van der Waals surface area contributed by atoms with E-state index in [1.54, 1.807) is 0 Å². The minimum atomic E-state index is -0.468. The number of anilines is 1. The van der Waals surface area contributed by atoms with Gasteiger partial charge in [-0.2, -0.15) is 10.5 Å². The van der Waals surface area contributed by atoms with Gasteiger partial charge in [-0.25, -0.2) is 0 Å². The van der Waals surface area contributed by atoms with E-state index >= 15 is 0 Å². The number of fused-ring (bicyclic) bond motifs is 8. The van der Waals surface area contributed by atoms with Crippen LogP contribution in [-0.2, 0) is 5.41 Å². The fraction of sp³-hybridized carbons (Fsp3) is 0.114. The van der Waals surface area contributed by atoms with Gasteiger partial charge in [0.2, 0.25) is 0 Å². The van der Waals surface area contributed by atoms with Crippen LogP contribution < -0.4 is 5.32 Å². The van der Waals surface area contributed by atoms with E-state index in [9.17, 15) is 10.5 Å². The fourth-order valence-electron chi connectivity index (χ4n) is 8.26. The number of aromatic nitrogens is 1. The van der Waals surface area contributed by atoms with Gasteiger partial charge in [0.1, 0.15) is 17.9 Å². The average Bonchev–Trinajstić information content (AvgIpc) is 3.59. The van der Waals surface area contributed by atoms with Crippen LogP contribution in [0.2, 0.25) is 0 Å². The summed E-state index contributed by atoms with van der Waals surface area (Å²) in [6.07, 6.45) is 0. The van der Waals surface area contributed by atoms with Gasteiger partial charge in [-0.3, -0.25) is 4.99 Å². The van der Waals surface area contributed by atoms with Crippen molar-refractivity contribution in [2.24, 2.45) is 4.99 Å². The molecular weight excluding hydrogens is 599 g/mol. The molecule has 5 heteroatoms. The highest BCUT2D eigenvalue weighted by Crippen LogP contribution is 2.53. The molecule has 0 fully saturated rings. The molecular formula is C44H31N5. The number of nitrogens with zero attached hydrogens (tertiary/aromatic N) is 4. The fourth-order valence-corrected chi connectivity index (χ4v) is 8.26. The largest absolute Gasteiger partial charge is 0.340 e. The second-order valence-corrected chi connectivity index (χ2v) is 13.5. The normalized spacial score (nSPS) is 15.4. The summed E-state index contributed by atoms with van der Waals surface area (Å²) in [5.74, 6) is 0.732. The van der Waals surface area contributed by atoms with Crippen molar-refractivity contribution in [2.45, 2.75) is 32.2 Å². The quantitative estimate of drug-likeness (QED) is 0.211. The molecule has 1 atom stereocenters. The number of benzene rings is 6. The summed E-state index contributed by atoms with van der Waals surface area (Å²) >= 11 is 0. The van der Waals surface area contributed by atoms with Crippen molar-refractivity contribution in [2.75, 3.05) is 5.32 Å². The van der Waals surface area contributed by atoms with Crippen LogP contribution in [0.1, 0.15) is 64.4 Å². The van der Waals surface area contributed by atoms with E-state index in [1.807, 2.05) is 54.6 Å². The molecule has 7 aromatic rings. The lowest BCUT2D eigenvalue weighted by atomic mass is 9.80. The molecule has 0 saturated heterocycles. The summed E-state index contributed by atoms with van der Waals surface area (Å²) in [4.78, 5) is 5.21. The zero-order chi connectivity index (χ0) is 33.4. The molecule has 1 aromatic heterocycles. The highest BCUT2D eigenvalue weighted by molar-refractivity contribution is 6.14. The summed E-state index contributed by atoms with van der Waals surface area (Å²) < 4.78 is 2.26. The van der Waals surface area contributed by atoms with E-state index in [2.05, 4.69) is 110 Å². The highest BCUT2D eigenvalue weighted by Gasteiger charge is 2.38. The van der Waals surface area contributed by atoms with Crippen LogP contribution in [0.3, 0.4) is 0 Å². The minimum absolute atomic E-state index is 0.187. The van der Waals surface area contributed by atoms with E-state index in [-0.39, 0.29) is 5.41 Å². The van der Waals surface area contributed by atoms with Crippen molar-refractivity contribution in [1.29, 1.82) is 10.5 Å². The number of para-hydroxylation sites is 1. The number of rotatable bonds is 3. The number of hydrogen-bond acceptors (Lipinski definition) is 4. The van der Waals surface area contributed by atoms with Crippen LogP contribution in [0.5, 0.6) is 0 Å². The molecule has 9 rings (SSSR count). The Hall–Kier alpha value is -6.43.